The molecule has 0 atom stereocenters. The molecule has 0 aromatic rings. The van der Waals surface area contributed by atoms with Crippen LogP contribution in [0.5, 0.6) is 0 Å². The predicted octanol–water partition coefficient (Wildman–Crippen LogP) is 1.09. The highest BCUT2D eigenvalue weighted by atomic mass is 16.2. The van der Waals surface area contributed by atoms with Gasteiger partial charge in [0.25, 0.3) is 0 Å². The van der Waals surface area contributed by atoms with E-state index in [1.165, 1.54) is 10.6 Å². The number of hydrazine groups is 1. The van der Waals surface area contributed by atoms with Crippen molar-refractivity contribution in [3.05, 3.63) is 23.4 Å². The lowest BCUT2D eigenvalue weighted by molar-refractivity contribution is -0.130. The summed E-state index contributed by atoms with van der Waals surface area (Å²) in [6.07, 6.45) is 7.64. The van der Waals surface area contributed by atoms with Gasteiger partial charge in [0, 0.05) is 6.42 Å². The van der Waals surface area contributed by atoms with Gasteiger partial charge in [0.05, 0.1) is 5.70 Å². The van der Waals surface area contributed by atoms with Gasteiger partial charge < -0.3 is 0 Å². The van der Waals surface area contributed by atoms with Gasteiger partial charge in [0.15, 0.2) is 0 Å². The van der Waals surface area contributed by atoms with E-state index in [2.05, 4.69) is 6.08 Å². The third-order valence-electron chi connectivity index (χ3n) is 2.42. The molecule has 0 fully saturated rings. The van der Waals surface area contributed by atoms with E-state index in [0.29, 0.717) is 6.42 Å². The van der Waals surface area contributed by atoms with E-state index in [9.17, 15) is 4.79 Å². The lowest BCUT2D eigenvalue weighted by Crippen LogP contribution is -2.39. The fourth-order valence-corrected chi connectivity index (χ4v) is 1.71. The van der Waals surface area contributed by atoms with E-state index in [4.69, 9.17) is 5.84 Å². The minimum absolute atomic E-state index is 0.0281. The third-order valence-corrected chi connectivity index (χ3v) is 2.42. The molecule has 0 aromatic heterocycles. The quantitative estimate of drug-likeness (QED) is 0.430. The molecule has 0 saturated heterocycles. The summed E-state index contributed by atoms with van der Waals surface area (Å²) in [7, 11) is 0. The van der Waals surface area contributed by atoms with Crippen LogP contribution < -0.4 is 5.84 Å². The Balaban J connectivity index is 2.34. The maximum Gasteiger partial charge on any atom is 0.241 e. The zero-order valence-electron chi connectivity index (χ0n) is 6.92. The Morgan fingerprint density at radius 3 is 3.00 bits per heavy atom. The first-order valence-corrected chi connectivity index (χ1v) is 4.25. The molecule has 2 N–H and O–H groups in total. The average molecular weight is 164 g/mol. The molecule has 64 valence electrons. The van der Waals surface area contributed by atoms with Crippen LogP contribution >= 0.6 is 0 Å². The van der Waals surface area contributed by atoms with E-state index in [1.807, 2.05) is 6.08 Å². The Hall–Kier alpha value is -1.09. The minimum Gasteiger partial charge on any atom is -0.273 e. The van der Waals surface area contributed by atoms with Gasteiger partial charge in [-0.25, -0.2) is 10.9 Å². The van der Waals surface area contributed by atoms with Crippen LogP contribution in [0.3, 0.4) is 0 Å². The molecule has 0 spiro atoms. The topological polar surface area (TPSA) is 46.3 Å². The molecule has 0 radical (unpaired) electrons. The van der Waals surface area contributed by atoms with Gasteiger partial charge in [-0.3, -0.25) is 4.79 Å². The molecular formula is C9H12N2O. The number of rotatable bonds is 0. The summed E-state index contributed by atoms with van der Waals surface area (Å²) in [4.78, 5) is 11.2. The molecule has 1 amide bonds. The average Bonchev–Trinajstić information content (AvgIpc) is 2.12. The fraction of sp³-hybridized carbons (Fsp3) is 0.444. The summed E-state index contributed by atoms with van der Waals surface area (Å²) >= 11 is 0. The van der Waals surface area contributed by atoms with Crippen molar-refractivity contribution in [2.45, 2.75) is 25.7 Å². The first kappa shape index (κ1) is 7.55. The van der Waals surface area contributed by atoms with E-state index in [0.717, 1.165) is 25.0 Å². The smallest absolute Gasteiger partial charge is 0.241 e. The molecule has 1 heterocycles. The Bertz CT molecular complexity index is 278. The predicted molar refractivity (Wildman–Crippen MR) is 45.7 cm³/mol. The van der Waals surface area contributed by atoms with Gasteiger partial charge in [-0.05, 0) is 30.9 Å². The second-order valence-electron chi connectivity index (χ2n) is 3.19. The van der Waals surface area contributed by atoms with Crippen molar-refractivity contribution in [1.29, 1.82) is 0 Å². The maximum atomic E-state index is 11.2. The van der Waals surface area contributed by atoms with Crippen molar-refractivity contribution in [1.82, 2.24) is 5.01 Å². The van der Waals surface area contributed by atoms with E-state index in [-0.39, 0.29) is 5.91 Å². The summed E-state index contributed by atoms with van der Waals surface area (Å²) in [5.74, 6) is 5.64. The molecule has 0 bridgehead atoms. The van der Waals surface area contributed by atoms with Crippen LogP contribution in [-0.2, 0) is 4.79 Å². The second kappa shape index (κ2) is 2.75. The Labute approximate surface area is 71.5 Å². The number of hydrogen-bond acceptors (Lipinski definition) is 2. The van der Waals surface area contributed by atoms with E-state index >= 15 is 0 Å². The molecule has 0 saturated carbocycles. The molecule has 2 aliphatic rings. The Morgan fingerprint density at radius 1 is 1.33 bits per heavy atom. The summed E-state index contributed by atoms with van der Waals surface area (Å²) < 4.78 is 0. The van der Waals surface area contributed by atoms with Gasteiger partial charge >= 0.3 is 0 Å². The Morgan fingerprint density at radius 2 is 2.17 bits per heavy atom. The zero-order valence-corrected chi connectivity index (χ0v) is 6.92. The number of amides is 1. The van der Waals surface area contributed by atoms with Crippen LogP contribution in [0.25, 0.3) is 0 Å². The van der Waals surface area contributed by atoms with Crippen molar-refractivity contribution >= 4 is 5.91 Å². The van der Waals surface area contributed by atoms with Gasteiger partial charge in [0.2, 0.25) is 5.91 Å². The van der Waals surface area contributed by atoms with Crippen molar-refractivity contribution < 1.29 is 4.79 Å². The van der Waals surface area contributed by atoms with Crippen LogP contribution in [0.4, 0.5) is 0 Å². The van der Waals surface area contributed by atoms with Gasteiger partial charge in [-0.15, -0.1) is 0 Å². The molecule has 3 nitrogen and oxygen atoms in total. The van der Waals surface area contributed by atoms with Gasteiger partial charge in [0.1, 0.15) is 0 Å². The number of carbonyl (C=O) groups excluding carboxylic acids is 1. The third kappa shape index (κ3) is 1.06. The minimum atomic E-state index is 0.0281. The number of carbonyl (C=O) groups is 1. The standard InChI is InChI=1S/C9H12N2O/c10-11-8-4-2-1-3-7(8)5-6-9(11)12/h2,4H,1,3,5-6,10H2. The summed E-state index contributed by atoms with van der Waals surface area (Å²) in [6, 6.07) is 0. The molecule has 3 heteroatoms. The number of allylic oxidation sites excluding steroid dienone is 3. The highest BCUT2D eigenvalue weighted by Gasteiger charge is 2.23. The van der Waals surface area contributed by atoms with Crippen molar-refractivity contribution in [3.63, 3.8) is 0 Å². The van der Waals surface area contributed by atoms with Crippen LogP contribution in [0.1, 0.15) is 25.7 Å². The number of hydrogen-bond donors (Lipinski definition) is 1. The molecule has 12 heavy (non-hydrogen) atoms. The maximum absolute atomic E-state index is 11.2. The summed E-state index contributed by atoms with van der Waals surface area (Å²) in [5.41, 5.74) is 2.26. The van der Waals surface area contributed by atoms with Crippen LogP contribution in [0.2, 0.25) is 0 Å². The molecule has 0 aromatic carbocycles. The van der Waals surface area contributed by atoms with E-state index < -0.39 is 0 Å². The molecule has 1 aliphatic carbocycles. The molecule has 2 rings (SSSR count). The van der Waals surface area contributed by atoms with Crippen LogP contribution in [-0.4, -0.2) is 10.9 Å². The zero-order chi connectivity index (χ0) is 8.55. The molecule has 0 unspecified atom stereocenters. The normalized spacial score (nSPS) is 23.1. The SMILES string of the molecule is NN1C(=O)CCC2=C1C=CCC2. The first-order valence-electron chi connectivity index (χ1n) is 4.25. The van der Waals surface area contributed by atoms with Crippen LogP contribution in [0.15, 0.2) is 23.4 Å². The van der Waals surface area contributed by atoms with Gasteiger partial charge in [-0.1, -0.05) is 6.08 Å². The number of nitrogens with two attached hydrogens (primary N) is 1. The van der Waals surface area contributed by atoms with Crippen LogP contribution in [0, 0.1) is 0 Å². The fourth-order valence-electron chi connectivity index (χ4n) is 1.71. The lowest BCUT2D eigenvalue weighted by atomic mass is 9.94. The molecular weight excluding hydrogens is 152 g/mol. The monoisotopic (exact) mass is 164 g/mol. The largest absolute Gasteiger partial charge is 0.273 e. The second-order valence-corrected chi connectivity index (χ2v) is 3.19. The van der Waals surface area contributed by atoms with Crippen molar-refractivity contribution in [2.24, 2.45) is 5.84 Å². The first-order chi connectivity index (χ1) is 5.79. The lowest BCUT2D eigenvalue weighted by Gasteiger charge is -2.28. The van der Waals surface area contributed by atoms with Gasteiger partial charge in [-0.2, -0.15) is 0 Å². The number of nitrogens with zero attached hydrogens (tertiary/aromatic N) is 1. The summed E-state index contributed by atoms with van der Waals surface area (Å²) in [6.45, 7) is 0. The Kier molecular flexibility index (Phi) is 1.73. The highest BCUT2D eigenvalue weighted by Crippen LogP contribution is 2.28. The van der Waals surface area contributed by atoms with Crippen molar-refractivity contribution in [2.75, 3.05) is 0 Å². The van der Waals surface area contributed by atoms with E-state index in [1.54, 1.807) is 0 Å². The highest BCUT2D eigenvalue weighted by molar-refractivity contribution is 5.80. The molecule has 1 aliphatic heterocycles. The van der Waals surface area contributed by atoms with Crippen molar-refractivity contribution in [3.8, 4) is 0 Å². The summed E-state index contributed by atoms with van der Waals surface area (Å²) in [5, 5.41) is 1.29.